The Morgan fingerprint density at radius 3 is 2.83 bits per heavy atom. The lowest BCUT2D eigenvalue weighted by atomic mass is 10.2. The minimum absolute atomic E-state index is 0.0919. The van der Waals surface area contributed by atoms with Gasteiger partial charge >= 0.3 is 0 Å². The molecule has 0 saturated heterocycles. The van der Waals surface area contributed by atoms with Crippen LogP contribution in [0.5, 0.6) is 11.6 Å². The molecule has 0 aromatic carbocycles. The molecule has 0 unspecified atom stereocenters. The summed E-state index contributed by atoms with van der Waals surface area (Å²) in [5.74, 6) is 0.234. The van der Waals surface area contributed by atoms with Crippen LogP contribution in [0.25, 0.3) is 0 Å². The van der Waals surface area contributed by atoms with Gasteiger partial charge in [-0.1, -0.05) is 0 Å². The van der Waals surface area contributed by atoms with Gasteiger partial charge in [-0.3, -0.25) is 4.79 Å². The van der Waals surface area contributed by atoms with Gasteiger partial charge in [0.2, 0.25) is 5.88 Å². The Hall–Kier alpha value is -1.58. The molecule has 1 aromatic rings. The van der Waals surface area contributed by atoms with E-state index >= 15 is 0 Å². The van der Waals surface area contributed by atoms with Crippen LogP contribution in [0.15, 0.2) is 6.07 Å². The number of aryl methyl sites for hydroxylation is 1. The molecule has 0 amide bonds. The SMILES string of the molecule is COc1cc(C=O)c(O)c(C)n1. The van der Waals surface area contributed by atoms with E-state index in [0.29, 0.717) is 17.9 Å². The van der Waals surface area contributed by atoms with Gasteiger partial charge in [0.25, 0.3) is 0 Å². The summed E-state index contributed by atoms with van der Waals surface area (Å²) in [7, 11) is 1.45. The van der Waals surface area contributed by atoms with Crippen LogP contribution >= 0.6 is 0 Å². The molecule has 1 aromatic heterocycles. The normalized spacial score (nSPS) is 9.50. The first-order valence-corrected chi connectivity index (χ1v) is 3.38. The highest BCUT2D eigenvalue weighted by atomic mass is 16.5. The summed E-state index contributed by atoms with van der Waals surface area (Å²) >= 11 is 0. The van der Waals surface area contributed by atoms with Gasteiger partial charge in [0.05, 0.1) is 18.4 Å². The van der Waals surface area contributed by atoms with E-state index in [0.717, 1.165) is 0 Å². The van der Waals surface area contributed by atoms with Crippen molar-refractivity contribution < 1.29 is 14.6 Å². The maximum atomic E-state index is 10.4. The second-order valence-corrected chi connectivity index (χ2v) is 2.31. The molecular formula is C8H9NO3. The molecule has 0 aliphatic heterocycles. The monoisotopic (exact) mass is 167 g/mol. The van der Waals surface area contributed by atoms with E-state index in [1.807, 2.05) is 0 Å². The second-order valence-electron chi connectivity index (χ2n) is 2.31. The number of carbonyl (C=O) groups excluding carboxylic acids is 1. The van der Waals surface area contributed by atoms with E-state index in [-0.39, 0.29) is 11.3 Å². The van der Waals surface area contributed by atoms with Crippen LogP contribution in [-0.2, 0) is 0 Å². The van der Waals surface area contributed by atoms with Crippen molar-refractivity contribution in [2.75, 3.05) is 7.11 Å². The standard InChI is InChI=1S/C8H9NO3/c1-5-8(11)6(4-10)3-7(9-5)12-2/h3-4,11H,1-2H3. The molecule has 0 bridgehead atoms. The van der Waals surface area contributed by atoms with Crippen molar-refractivity contribution in [3.63, 3.8) is 0 Å². The number of rotatable bonds is 2. The molecule has 0 spiro atoms. The fourth-order valence-electron chi connectivity index (χ4n) is 0.855. The minimum atomic E-state index is -0.0919. The molecule has 0 aliphatic carbocycles. The predicted molar refractivity (Wildman–Crippen MR) is 42.6 cm³/mol. The van der Waals surface area contributed by atoms with Crippen molar-refractivity contribution in [1.82, 2.24) is 4.98 Å². The van der Waals surface area contributed by atoms with Crippen LogP contribution in [-0.4, -0.2) is 23.5 Å². The van der Waals surface area contributed by atoms with Gasteiger partial charge in [-0.15, -0.1) is 0 Å². The van der Waals surface area contributed by atoms with Gasteiger partial charge in [0, 0.05) is 6.07 Å². The van der Waals surface area contributed by atoms with Crippen molar-refractivity contribution in [3.8, 4) is 11.6 Å². The van der Waals surface area contributed by atoms with Gasteiger partial charge in [-0.05, 0) is 6.92 Å². The van der Waals surface area contributed by atoms with Crippen LogP contribution in [0.2, 0.25) is 0 Å². The number of nitrogens with zero attached hydrogens (tertiary/aromatic N) is 1. The van der Waals surface area contributed by atoms with Gasteiger partial charge in [-0.2, -0.15) is 0 Å². The summed E-state index contributed by atoms with van der Waals surface area (Å²) in [4.78, 5) is 14.3. The number of carbonyl (C=O) groups is 1. The third-order valence-corrected chi connectivity index (χ3v) is 1.51. The molecule has 1 heterocycles. The zero-order valence-electron chi connectivity index (χ0n) is 6.87. The van der Waals surface area contributed by atoms with Gasteiger partial charge < -0.3 is 9.84 Å². The van der Waals surface area contributed by atoms with Gasteiger partial charge in [0.15, 0.2) is 6.29 Å². The molecule has 0 radical (unpaired) electrons. The van der Waals surface area contributed by atoms with Crippen LogP contribution in [0.4, 0.5) is 0 Å². The highest BCUT2D eigenvalue weighted by Crippen LogP contribution is 2.22. The maximum Gasteiger partial charge on any atom is 0.214 e. The number of pyridine rings is 1. The lowest BCUT2D eigenvalue weighted by molar-refractivity contribution is 0.112. The van der Waals surface area contributed by atoms with E-state index in [9.17, 15) is 9.90 Å². The maximum absolute atomic E-state index is 10.4. The number of hydrogen-bond acceptors (Lipinski definition) is 4. The van der Waals surface area contributed by atoms with Gasteiger partial charge in [-0.25, -0.2) is 4.98 Å². The lowest BCUT2D eigenvalue weighted by Gasteiger charge is -2.03. The smallest absolute Gasteiger partial charge is 0.214 e. The Labute approximate surface area is 69.8 Å². The van der Waals surface area contributed by atoms with E-state index in [4.69, 9.17) is 4.74 Å². The Morgan fingerprint density at radius 2 is 2.33 bits per heavy atom. The number of hydrogen-bond donors (Lipinski definition) is 1. The number of aromatic hydroxyl groups is 1. The van der Waals surface area contributed by atoms with E-state index in [1.54, 1.807) is 6.92 Å². The van der Waals surface area contributed by atoms with Crippen LogP contribution in [0, 0.1) is 6.92 Å². The number of aromatic nitrogens is 1. The zero-order chi connectivity index (χ0) is 9.14. The zero-order valence-corrected chi connectivity index (χ0v) is 6.87. The molecule has 1 N–H and O–H groups in total. The molecule has 0 atom stereocenters. The molecule has 4 heteroatoms. The Balaban J connectivity index is 3.28. The lowest BCUT2D eigenvalue weighted by Crippen LogP contribution is -1.93. The van der Waals surface area contributed by atoms with Crippen LogP contribution < -0.4 is 4.74 Å². The topological polar surface area (TPSA) is 59.4 Å². The summed E-state index contributed by atoms with van der Waals surface area (Å²) < 4.78 is 4.81. The van der Waals surface area contributed by atoms with Crippen LogP contribution in [0.1, 0.15) is 16.1 Å². The summed E-state index contributed by atoms with van der Waals surface area (Å²) in [6, 6.07) is 1.38. The molecule has 1 rings (SSSR count). The van der Waals surface area contributed by atoms with Crippen molar-refractivity contribution in [2.24, 2.45) is 0 Å². The van der Waals surface area contributed by atoms with Crippen molar-refractivity contribution in [2.45, 2.75) is 6.92 Å². The molecule has 0 saturated carbocycles. The van der Waals surface area contributed by atoms with Crippen molar-refractivity contribution >= 4 is 6.29 Å². The fourth-order valence-corrected chi connectivity index (χ4v) is 0.855. The number of aldehydes is 1. The summed E-state index contributed by atoms with van der Waals surface area (Å²) in [6.45, 7) is 1.60. The van der Waals surface area contributed by atoms with Crippen molar-refractivity contribution in [3.05, 3.63) is 17.3 Å². The first-order valence-electron chi connectivity index (χ1n) is 3.38. The Morgan fingerprint density at radius 1 is 1.67 bits per heavy atom. The van der Waals surface area contributed by atoms with E-state index in [1.165, 1.54) is 13.2 Å². The largest absolute Gasteiger partial charge is 0.505 e. The Kier molecular flexibility index (Phi) is 2.28. The summed E-state index contributed by atoms with van der Waals surface area (Å²) in [6.07, 6.45) is 0.562. The van der Waals surface area contributed by atoms with Crippen molar-refractivity contribution in [1.29, 1.82) is 0 Å². The molecule has 12 heavy (non-hydrogen) atoms. The molecule has 0 aliphatic rings. The summed E-state index contributed by atoms with van der Waals surface area (Å²) in [5, 5.41) is 9.27. The number of ether oxygens (including phenoxy) is 1. The minimum Gasteiger partial charge on any atom is -0.505 e. The third-order valence-electron chi connectivity index (χ3n) is 1.51. The molecule has 64 valence electrons. The Bertz CT molecular complexity index is 309. The first kappa shape index (κ1) is 8.52. The molecule has 4 nitrogen and oxygen atoms in total. The third kappa shape index (κ3) is 1.37. The molecule has 0 fully saturated rings. The average Bonchev–Trinajstić information content (AvgIpc) is 2.09. The highest BCUT2D eigenvalue weighted by molar-refractivity contribution is 5.80. The van der Waals surface area contributed by atoms with E-state index < -0.39 is 0 Å². The van der Waals surface area contributed by atoms with Crippen LogP contribution in [0.3, 0.4) is 0 Å². The number of methoxy groups -OCH3 is 1. The molecular weight excluding hydrogens is 158 g/mol. The van der Waals surface area contributed by atoms with Gasteiger partial charge in [0.1, 0.15) is 5.75 Å². The first-order chi connectivity index (χ1) is 5.69. The highest BCUT2D eigenvalue weighted by Gasteiger charge is 2.07. The second kappa shape index (κ2) is 3.21. The summed E-state index contributed by atoms with van der Waals surface area (Å²) in [5.41, 5.74) is 0.579. The fraction of sp³-hybridized carbons (Fsp3) is 0.250. The quantitative estimate of drug-likeness (QED) is 0.665. The predicted octanol–water partition coefficient (Wildman–Crippen LogP) is 0.917. The average molecular weight is 167 g/mol. The van der Waals surface area contributed by atoms with E-state index in [2.05, 4.69) is 4.98 Å².